The largest absolute Gasteiger partial charge is 0.493 e. The van der Waals surface area contributed by atoms with Gasteiger partial charge in [0.25, 0.3) is 5.91 Å². The summed E-state index contributed by atoms with van der Waals surface area (Å²) in [6, 6.07) is 22.1. The summed E-state index contributed by atoms with van der Waals surface area (Å²) in [5.41, 5.74) is 2.51. The predicted octanol–water partition coefficient (Wildman–Crippen LogP) is 6.47. The summed E-state index contributed by atoms with van der Waals surface area (Å²) in [7, 11) is 1.53. The maximum Gasteiger partial charge on any atom is 0.262 e. The highest BCUT2D eigenvalue weighted by Crippen LogP contribution is 2.35. The third-order valence-corrected chi connectivity index (χ3v) is 5.84. The summed E-state index contributed by atoms with van der Waals surface area (Å²) in [5.74, 6) is 0.550. The summed E-state index contributed by atoms with van der Waals surface area (Å²) in [5, 5.41) is 13.1. The van der Waals surface area contributed by atoms with Gasteiger partial charge in [-0.05, 0) is 54.0 Å². The molecule has 33 heavy (non-hydrogen) atoms. The van der Waals surface area contributed by atoms with E-state index in [-0.39, 0.29) is 11.6 Å². The predicted molar refractivity (Wildman–Crippen MR) is 133 cm³/mol. The first-order chi connectivity index (χ1) is 15.9. The molecule has 0 heterocycles. The summed E-state index contributed by atoms with van der Waals surface area (Å²) in [6.45, 7) is 2.20. The van der Waals surface area contributed by atoms with Crippen LogP contribution in [-0.2, 0) is 11.4 Å². The van der Waals surface area contributed by atoms with E-state index in [1.807, 2.05) is 55.5 Å². The number of amides is 1. The number of rotatable bonds is 8. The Labute approximate surface area is 206 Å². The molecule has 1 amide bonds. The van der Waals surface area contributed by atoms with Crippen molar-refractivity contribution in [3.8, 4) is 17.6 Å². The van der Waals surface area contributed by atoms with E-state index in [2.05, 4.69) is 21.2 Å². The number of nitriles is 1. The Morgan fingerprint density at radius 2 is 1.85 bits per heavy atom. The van der Waals surface area contributed by atoms with Gasteiger partial charge in [-0.15, -0.1) is 0 Å². The second kappa shape index (κ2) is 11.6. The minimum atomic E-state index is -0.456. The maximum absolute atomic E-state index is 12.7. The van der Waals surface area contributed by atoms with Crippen LogP contribution in [0.25, 0.3) is 6.08 Å². The molecule has 0 aliphatic carbocycles. The van der Waals surface area contributed by atoms with E-state index in [1.165, 1.54) is 13.2 Å². The minimum absolute atomic E-state index is 0.0182. The van der Waals surface area contributed by atoms with Crippen molar-refractivity contribution >= 4 is 39.5 Å². The molecule has 3 rings (SSSR count). The van der Waals surface area contributed by atoms with Crippen LogP contribution in [0.4, 0.5) is 0 Å². The van der Waals surface area contributed by atoms with E-state index in [0.29, 0.717) is 33.2 Å². The number of ether oxygens (including phenoxy) is 2. The molecule has 7 heteroatoms. The van der Waals surface area contributed by atoms with Crippen molar-refractivity contribution in [1.82, 2.24) is 5.32 Å². The van der Waals surface area contributed by atoms with Gasteiger partial charge in [-0.2, -0.15) is 5.26 Å². The zero-order valence-electron chi connectivity index (χ0n) is 18.1. The monoisotopic (exact) mass is 524 g/mol. The van der Waals surface area contributed by atoms with Crippen LogP contribution in [0.3, 0.4) is 0 Å². The molecule has 1 atom stereocenters. The molecule has 0 saturated heterocycles. The van der Waals surface area contributed by atoms with Crippen molar-refractivity contribution in [2.75, 3.05) is 7.11 Å². The molecule has 0 unspecified atom stereocenters. The molecule has 0 bridgehead atoms. The Balaban J connectivity index is 1.78. The number of carbonyl (C=O) groups is 1. The quantitative estimate of drug-likeness (QED) is 0.270. The van der Waals surface area contributed by atoms with E-state index < -0.39 is 5.91 Å². The molecule has 0 aliphatic heterocycles. The molecule has 5 nitrogen and oxygen atoms in total. The molecule has 1 N–H and O–H groups in total. The van der Waals surface area contributed by atoms with E-state index in [1.54, 1.807) is 24.3 Å². The van der Waals surface area contributed by atoms with Gasteiger partial charge in [0.05, 0.1) is 13.2 Å². The zero-order chi connectivity index (χ0) is 23.8. The smallest absolute Gasteiger partial charge is 0.262 e. The SMILES string of the molecule is COc1cc(/C=C(/C#N)C(=O)N[C@H](C)c2ccccc2)c(Br)cc1OCc1ccc(Cl)cc1. The lowest BCUT2D eigenvalue weighted by Crippen LogP contribution is -2.27. The Morgan fingerprint density at radius 1 is 1.15 bits per heavy atom. The molecule has 0 aliphatic rings. The lowest BCUT2D eigenvalue weighted by Gasteiger charge is -2.15. The van der Waals surface area contributed by atoms with Crippen molar-refractivity contribution in [1.29, 1.82) is 5.26 Å². The van der Waals surface area contributed by atoms with E-state index in [0.717, 1.165) is 11.1 Å². The Morgan fingerprint density at radius 3 is 2.48 bits per heavy atom. The first-order valence-corrected chi connectivity index (χ1v) is 11.3. The van der Waals surface area contributed by atoms with E-state index in [4.69, 9.17) is 21.1 Å². The van der Waals surface area contributed by atoms with Crippen LogP contribution in [0.1, 0.15) is 29.7 Å². The number of hydrogen-bond donors (Lipinski definition) is 1. The van der Waals surface area contributed by atoms with Gasteiger partial charge in [0, 0.05) is 9.50 Å². The normalized spacial score (nSPS) is 11.9. The highest BCUT2D eigenvalue weighted by molar-refractivity contribution is 9.10. The molecule has 0 aromatic heterocycles. The van der Waals surface area contributed by atoms with Gasteiger partial charge >= 0.3 is 0 Å². The molecule has 3 aromatic carbocycles. The zero-order valence-corrected chi connectivity index (χ0v) is 20.5. The summed E-state index contributed by atoms with van der Waals surface area (Å²) in [6.07, 6.45) is 1.52. The van der Waals surface area contributed by atoms with Gasteiger partial charge in [-0.25, -0.2) is 0 Å². The molecule has 0 spiro atoms. The first-order valence-electron chi connectivity index (χ1n) is 10.1. The standard InChI is InChI=1S/C26H22BrClN2O3/c1-17(19-6-4-3-5-7-19)30-26(31)21(15-29)12-20-13-24(32-2)25(14-23(20)27)33-16-18-8-10-22(28)11-9-18/h3-14,17H,16H2,1-2H3,(H,30,31)/b21-12-/t17-/m1/s1. The number of halogens is 2. The van der Waals surface area contributed by atoms with Crippen LogP contribution in [0, 0.1) is 11.3 Å². The van der Waals surface area contributed by atoms with Crippen molar-refractivity contribution in [3.05, 3.63) is 98.5 Å². The lowest BCUT2D eigenvalue weighted by molar-refractivity contribution is -0.117. The molecule has 0 radical (unpaired) electrons. The Hall–Kier alpha value is -3.27. The van der Waals surface area contributed by atoms with Gasteiger partial charge < -0.3 is 14.8 Å². The van der Waals surface area contributed by atoms with Gasteiger partial charge in [0.2, 0.25) is 0 Å². The van der Waals surface area contributed by atoms with Gasteiger partial charge in [-0.3, -0.25) is 4.79 Å². The number of methoxy groups -OCH3 is 1. The summed E-state index contributed by atoms with van der Waals surface area (Å²) >= 11 is 9.43. The maximum atomic E-state index is 12.7. The fraction of sp³-hybridized carbons (Fsp3) is 0.154. The third-order valence-electron chi connectivity index (χ3n) is 4.90. The van der Waals surface area contributed by atoms with Crippen molar-refractivity contribution < 1.29 is 14.3 Å². The third kappa shape index (κ3) is 6.61. The number of benzene rings is 3. The van der Waals surface area contributed by atoms with Crippen molar-refractivity contribution in [3.63, 3.8) is 0 Å². The van der Waals surface area contributed by atoms with E-state index in [9.17, 15) is 10.1 Å². The van der Waals surface area contributed by atoms with E-state index >= 15 is 0 Å². The first kappa shape index (κ1) is 24.4. The van der Waals surface area contributed by atoms with Crippen molar-refractivity contribution in [2.24, 2.45) is 0 Å². The fourth-order valence-electron chi connectivity index (χ4n) is 3.08. The van der Waals surface area contributed by atoms with Gasteiger partial charge in [0.15, 0.2) is 11.5 Å². The number of carbonyl (C=O) groups excluding carboxylic acids is 1. The van der Waals surface area contributed by atoms with Gasteiger partial charge in [-0.1, -0.05) is 70.0 Å². The van der Waals surface area contributed by atoms with Crippen LogP contribution in [0.2, 0.25) is 5.02 Å². The summed E-state index contributed by atoms with van der Waals surface area (Å²) in [4.78, 5) is 12.7. The van der Waals surface area contributed by atoms with Crippen LogP contribution in [-0.4, -0.2) is 13.0 Å². The molecule has 3 aromatic rings. The van der Waals surface area contributed by atoms with Crippen LogP contribution >= 0.6 is 27.5 Å². The fourth-order valence-corrected chi connectivity index (χ4v) is 3.64. The number of nitrogens with one attached hydrogen (secondary N) is 1. The molecule has 0 saturated carbocycles. The molecule has 168 valence electrons. The minimum Gasteiger partial charge on any atom is -0.493 e. The highest BCUT2D eigenvalue weighted by atomic mass is 79.9. The Bertz CT molecular complexity index is 1190. The second-order valence-electron chi connectivity index (χ2n) is 7.22. The number of hydrogen-bond acceptors (Lipinski definition) is 4. The average Bonchev–Trinajstić information content (AvgIpc) is 2.83. The van der Waals surface area contributed by atoms with Crippen molar-refractivity contribution in [2.45, 2.75) is 19.6 Å². The molecular weight excluding hydrogens is 504 g/mol. The lowest BCUT2D eigenvalue weighted by atomic mass is 10.1. The molecular formula is C26H22BrClN2O3. The average molecular weight is 526 g/mol. The summed E-state index contributed by atoms with van der Waals surface area (Å²) < 4.78 is 12.0. The van der Waals surface area contributed by atoms with Gasteiger partial charge in [0.1, 0.15) is 18.2 Å². The van der Waals surface area contributed by atoms with Crippen LogP contribution in [0.5, 0.6) is 11.5 Å². The second-order valence-corrected chi connectivity index (χ2v) is 8.51. The highest BCUT2D eigenvalue weighted by Gasteiger charge is 2.16. The molecule has 0 fully saturated rings. The van der Waals surface area contributed by atoms with Crippen LogP contribution < -0.4 is 14.8 Å². The Kier molecular flexibility index (Phi) is 8.53. The number of nitrogens with zero attached hydrogens (tertiary/aromatic N) is 1. The van der Waals surface area contributed by atoms with Crippen LogP contribution in [0.15, 0.2) is 76.8 Å². The topological polar surface area (TPSA) is 71.3 Å².